The van der Waals surface area contributed by atoms with E-state index in [0.29, 0.717) is 44.0 Å². The molecule has 1 fully saturated rings. The molecular formula is C26H31FN4O3S. The summed E-state index contributed by atoms with van der Waals surface area (Å²) < 4.78 is 21.1. The van der Waals surface area contributed by atoms with Crippen LogP contribution in [0.5, 0.6) is 0 Å². The molecule has 186 valence electrons. The van der Waals surface area contributed by atoms with Gasteiger partial charge in [-0.2, -0.15) is 0 Å². The molecule has 7 nitrogen and oxygen atoms in total. The SMILES string of the molecule is CCCN(Cc1cccn1Cc1nc(C(=O)N2CC(C)OC(C)C2)cs1)C(=O)c1ccc(F)cc1. The molecule has 0 aliphatic carbocycles. The standard InChI is InChI=1S/C26H31FN4O3S/c1-4-11-30(25(32)20-7-9-21(27)10-8-20)15-22-6-5-12-29(22)16-24-28-23(17-35-24)26(33)31-13-18(2)34-19(3)14-31/h5-10,12,17-19H,4,11,13-16H2,1-3H3. The number of nitrogens with zero attached hydrogens (tertiary/aromatic N) is 4. The zero-order chi connectivity index (χ0) is 24.9. The molecule has 2 aromatic heterocycles. The van der Waals surface area contributed by atoms with Gasteiger partial charge in [0.15, 0.2) is 0 Å². The fourth-order valence-electron chi connectivity index (χ4n) is 4.37. The summed E-state index contributed by atoms with van der Waals surface area (Å²) in [5.74, 6) is -0.562. The van der Waals surface area contributed by atoms with Gasteiger partial charge in [0.1, 0.15) is 16.5 Å². The van der Waals surface area contributed by atoms with E-state index in [-0.39, 0.29) is 29.8 Å². The van der Waals surface area contributed by atoms with Gasteiger partial charge in [-0.05, 0) is 56.7 Å². The van der Waals surface area contributed by atoms with Crippen molar-refractivity contribution in [3.8, 4) is 0 Å². The van der Waals surface area contributed by atoms with Crippen LogP contribution in [0.3, 0.4) is 0 Å². The number of aromatic nitrogens is 2. The van der Waals surface area contributed by atoms with Crippen molar-refractivity contribution in [3.63, 3.8) is 0 Å². The Morgan fingerprint density at radius 3 is 2.57 bits per heavy atom. The first-order valence-electron chi connectivity index (χ1n) is 11.9. The fourth-order valence-corrected chi connectivity index (χ4v) is 5.14. The van der Waals surface area contributed by atoms with Crippen molar-refractivity contribution in [2.75, 3.05) is 19.6 Å². The molecule has 35 heavy (non-hydrogen) atoms. The van der Waals surface area contributed by atoms with Crippen molar-refractivity contribution >= 4 is 23.2 Å². The summed E-state index contributed by atoms with van der Waals surface area (Å²) in [6.45, 7) is 8.62. The van der Waals surface area contributed by atoms with Gasteiger partial charge in [-0.25, -0.2) is 9.37 Å². The van der Waals surface area contributed by atoms with Crippen LogP contribution in [0.4, 0.5) is 4.39 Å². The minimum Gasteiger partial charge on any atom is -0.372 e. The molecule has 1 aliphatic rings. The van der Waals surface area contributed by atoms with E-state index in [4.69, 9.17) is 4.74 Å². The van der Waals surface area contributed by atoms with Crippen LogP contribution in [0.1, 0.15) is 58.7 Å². The largest absolute Gasteiger partial charge is 0.372 e. The average Bonchev–Trinajstić information content (AvgIpc) is 3.47. The molecule has 0 saturated carbocycles. The number of halogens is 1. The number of ether oxygens (including phenoxy) is 1. The zero-order valence-electron chi connectivity index (χ0n) is 20.3. The second-order valence-electron chi connectivity index (χ2n) is 8.95. The van der Waals surface area contributed by atoms with Gasteiger partial charge < -0.3 is 19.1 Å². The first-order chi connectivity index (χ1) is 16.8. The first-order valence-corrected chi connectivity index (χ1v) is 12.8. The predicted octanol–water partition coefficient (Wildman–Crippen LogP) is 4.43. The fraction of sp³-hybridized carbons (Fsp3) is 0.423. The number of carbonyl (C=O) groups excluding carboxylic acids is 2. The molecule has 1 aliphatic heterocycles. The minimum atomic E-state index is -0.364. The third-order valence-corrected chi connectivity index (χ3v) is 6.77. The quantitative estimate of drug-likeness (QED) is 0.461. The van der Waals surface area contributed by atoms with E-state index in [0.717, 1.165) is 17.1 Å². The first kappa shape index (κ1) is 25.1. The lowest BCUT2D eigenvalue weighted by Crippen LogP contribution is -2.48. The van der Waals surface area contributed by atoms with Crippen molar-refractivity contribution in [3.05, 3.63) is 75.8 Å². The topological polar surface area (TPSA) is 67.7 Å². The molecule has 3 heterocycles. The summed E-state index contributed by atoms with van der Waals surface area (Å²) in [6.07, 6.45) is 2.78. The predicted molar refractivity (Wildman–Crippen MR) is 133 cm³/mol. The lowest BCUT2D eigenvalue weighted by molar-refractivity contribution is -0.0587. The van der Waals surface area contributed by atoms with Crippen LogP contribution in [-0.4, -0.2) is 63.0 Å². The zero-order valence-corrected chi connectivity index (χ0v) is 21.1. The number of amides is 2. The Morgan fingerprint density at radius 2 is 1.89 bits per heavy atom. The van der Waals surface area contributed by atoms with E-state index in [1.807, 2.05) is 53.9 Å². The monoisotopic (exact) mass is 498 g/mol. The Hall–Kier alpha value is -3.04. The number of hydrogen-bond acceptors (Lipinski definition) is 5. The van der Waals surface area contributed by atoms with Crippen molar-refractivity contribution in [2.45, 2.75) is 52.5 Å². The smallest absolute Gasteiger partial charge is 0.273 e. The Kier molecular flexibility index (Phi) is 7.97. The molecule has 0 spiro atoms. The molecular weight excluding hydrogens is 467 g/mol. The Bertz CT molecular complexity index is 1150. The lowest BCUT2D eigenvalue weighted by Gasteiger charge is -2.34. The van der Waals surface area contributed by atoms with Crippen LogP contribution in [0.15, 0.2) is 48.0 Å². The van der Waals surface area contributed by atoms with Gasteiger partial charge in [-0.3, -0.25) is 9.59 Å². The van der Waals surface area contributed by atoms with E-state index in [1.165, 1.54) is 35.6 Å². The second-order valence-corrected chi connectivity index (χ2v) is 9.90. The van der Waals surface area contributed by atoms with Gasteiger partial charge in [-0.15, -0.1) is 11.3 Å². The van der Waals surface area contributed by atoms with Gasteiger partial charge in [0, 0.05) is 42.5 Å². The van der Waals surface area contributed by atoms with Crippen molar-refractivity contribution in [2.24, 2.45) is 0 Å². The van der Waals surface area contributed by atoms with E-state index >= 15 is 0 Å². The van der Waals surface area contributed by atoms with Gasteiger partial charge >= 0.3 is 0 Å². The van der Waals surface area contributed by atoms with Crippen LogP contribution in [0, 0.1) is 5.82 Å². The van der Waals surface area contributed by atoms with Crippen molar-refractivity contribution < 1.29 is 18.7 Å². The van der Waals surface area contributed by atoms with Crippen LogP contribution in [0.2, 0.25) is 0 Å². The molecule has 3 aromatic rings. The number of carbonyl (C=O) groups is 2. The molecule has 9 heteroatoms. The average molecular weight is 499 g/mol. The molecule has 4 rings (SSSR count). The Balaban J connectivity index is 1.44. The van der Waals surface area contributed by atoms with Gasteiger partial charge in [0.25, 0.3) is 11.8 Å². The van der Waals surface area contributed by atoms with Crippen molar-refractivity contribution in [1.29, 1.82) is 0 Å². The van der Waals surface area contributed by atoms with E-state index in [1.54, 1.807) is 4.90 Å². The number of benzene rings is 1. The van der Waals surface area contributed by atoms with Crippen LogP contribution in [-0.2, 0) is 17.8 Å². The molecule has 1 aromatic carbocycles. The molecule has 1 saturated heterocycles. The Labute approximate surface area is 209 Å². The maximum atomic E-state index is 13.3. The molecule has 2 amide bonds. The minimum absolute atomic E-state index is 0.00641. The van der Waals surface area contributed by atoms with E-state index in [2.05, 4.69) is 4.98 Å². The number of morpholine rings is 1. The van der Waals surface area contributed by atoms with Crippen LogP contribution in [0.25, 0.3) is 0 Å². The maximum Gasteiger partial charge on any atom is 0.273 e. The Morgan fingerprint density at radius 1 is 1.17 bits per heavy atom. The lowest BCUT2D eigenvalue weighted by atomic mass is 10.2. The third kappa shape index (κ3) is 6.15. The highest BCUT2D eigenvalue weighted by molar-refractivity contribution is 7.09. The highest BCUT2D eigenvalue weighted by Crippen LogP contribution is 2.19. The van der Waals surface area contributed by atoms with Crippen LogP contribution < -0.4 is 0 Å². The summed E-state index contributed by atoms with van der Waals surface area (Å²) in [5, 5.41) is 2.64. The summed E-state index contributed by atoms with van der Waals surface area (Å²) >= 11 is 1.46. The number of rotatable bonds is 8. The highest BCUT2D eigenvalue weighted by Gasteiger charge is 2.28. The summed E-state index contributed by atoms with van der Waals surface area (Å²) in [7, 11) is 0. The maximum absolute atomic E-state index is 13.3. The summed E-state index contributed by atoms with van der Waals surface area (Å²) in [4.78, 5) is 34.2. The van der Waals surface area contributed by atoms with E-state index in [9.17, 15) is 14.0 Å². The molecule has 0 radical (unpaired) electrons. The second kappa shape index (κ2) is 11.1. The number of thiazole rings is 1. The van der Waals surface area contributed by atoms with Crippen LogP contribution >= 0.6 is 11.3 Å². The highest BCUT2D eigenvalue weighted by atomic mass is 32.1. The summed E-state index contributed by atoms with van der Waals surface area (Å²) in [5.41, 5.74) is 1.89. The molecule has 0 N–H and O–H groups in total. The van der Waals surface area contributed by atoms with Gasteiger partial charge in [-0.1, -0.05) is 6.92 Å². The normalized spacial score (nSPS) is 18.0. The van der Waals surface area contributed by atoms with Gasteiger partial charge in [0.2, 0.25) is 0 Å². The summed E-state index contributed by atoms with van der Waals surface area (Å²) in [6, 6.07) is 9.57. The number of hydrogen-bond donors (Lipinski definition) is 0. The molecule has 2 atom stereocenters. The third-order valence-electron chi connectivity index (χ3n) is 5.93. The van der Waals surface area contributed by atoms with Gasteiger partial charge in [0.05, 0.1) is 25.3 Å². The molecule has 0 bridgehead atoms. The van der Waals surface area contributed by atoms with E-state index < -0.39 is 0 Å². The molecule has 2 unspecified atom stereocenters. The van der Waals surface area contributed by atoms with Crippen molar-refractivity contribution in [1.82, 2.24) is 19.4 Å².